The SMILES string of the molecule is CC(Nc1ncnc(N)c1C#N)c1nc2ccc(F)cc2n1-c1cccnc1. The highest BCUT2D eigenvalue weighted by atomic mass is 19.1. The third-order valence-corrected chi connectivity index (χ3v) is 4.28. The van der Waals surface area contributed by atoms with Crippen LogP contribution in [0.3, 0.4) is 0 Å². The van der Waals surface area contributed by atoms with Gasteiger partial charge in [-0.3, -0.25) is 9.55 Å². The molecular formula is C19H15FN8. The molecule has 0 radical (unpaired) electrons. The molecule has 0 aliphatic heterocycles. The van der Waals surface area contributed by atoms with Gasteiger partial charge in [0.2, 0.25) is 0 Å². The van der Waals surface area contributed by atoms with Crippen LogP contribution in [0.1, 0.15) is 24.4 Å². The molecule has 0 fully saturated rings. The van der Waals surface area contributed by atoms with E-state index in [0.717, 1.165) is 5.69 Å². The molecule has 1 atom stereocenters. The van der Waals surface area contributed by atoms with Crippen molar-refractivity contribution in [3.05, 3.63) is 66.3 Å². The molecule has 0 aliphatic rings. The number of nitrogens with one attached hydrogen (secondary N) is 1. The van der Waals surface area contributed by atoms with Crippen molar-refractivity contribution in [1.29, 1.82) is 5.26 Å². The second-order valence-corrected chi connectivity index (χ2v) is 6.11. The van der Waals surface area contributed by atoms with Crippen LogP contribution in [0, 0.1) is 17.1 Å². The van der Waals surface area contributed by atoms with Gasteiger partial charge >= 0.3 is 0 Å². The van der Waals surface area contributed by atoms with Crippen LogP contribution >= 0.6 is 0 Å². The van der Waals surface area contributed by atoms with Gasteiger partial charge < -0.3 is 11.1 Å². The fourth-order valence-electron chi connectivity index (χ4n) is 3.00. The summed E-state index contributed by atoms with van der Waals surface area (Å²) in [4.78, 5) is 16.7. The summed E-state index contributed by atoms with van der Waals surface area (Å²) in [5, 5.41) is 12.5. The number of nitrogens with two attached hydrogens (primary N) is 1. The second kappa shape index (κ2) is 6.92. The van der Waals surface area contributed by atoms with E-state index >= 15 is 0 Å². The van der Waals surface area contributed by atoms with E-state index in [-0.39, 0.29) is 23.2 Å². The average molecular weight is 374 g/mol. The Bertz CT molecular complexity index is 1200. The lowest BCUT2D eigenvalue weighted by molar-refractivity contribution is 0.629. The summed E-state index contributed by atoms with van der Waals surface area (Å²) in [6, 6.07) is 9.69. The van der Waals surface area contributed by atoms with Gasteiger partial charge in [-0.15, -0.1) is 0 Å². The summed E-state index contributed by atoms with van der Waals surface area (Å²) in [6.07, 6.45) is 4.61. The van der Waals surface area contributed by atoms with Gasteiger partial charge in [-0.1, -0.05) is 0 Å². The van der Waals surface area contributed by atoms with Crippen molar-refractivity contribution in [1.82, 2.24) is 24.5 Å². The monoisotopic (exact) mass is 374 g/mol. The predicted molar refractivity (Wildman–Crippen MR) is 102 cm³/mol. The molecule has 4 aromatic rings. The average Bonchev–Trinajstić information content (AvgIpc) is 3.07. The summed E-state index contributed by atoms with van der Waals surface area (Å²) >= 11 is 0. The van der Waals surface area contributed by atoms with E-state index in [1.165, 1.54) is 18.5 Å². The molecule has 0 amide bonds. The van der Waals surface area contributed by atoms with Gasteiger partial charge in [-0.2, -0.15) is 5.26 Å². The van der Waals surface area contributed by atoms with E-state index < -0.39 is 0 Å². The minimum atomic E-state index is -0.378. The van der Waals surface area contributed by atoms with Gasteiger partial charge in [-0.25, -0.2) is 19.3 Å². The quantitative estimate of drug-likeness (QED) is 0.564. The Hall–Kier alpha value is -4.06. The molecule has 0 saturated carbocycles. The Morgan fingerprint density at radius 1 is 1.29 bits per heavy atom. The fraction of sp³-hybridized carbons (Fsp3) is 0.105. The van der Waals surface area contributed by atoms with Gasteiger partial charge in [0.1, 0.15) is 41.2 Å². The Balaban J connectivity index is 1.85. The molecule has 3 N–H and O–H groups in total. The molecule has 9 heteroatoms. The first kappa shape index (κ1) is 17.4. The van der Waals surface area contributed by atoms with Crippen molar-refractivity contribution in [2.75, 3.05) is 11.1 Å². The van der Waals surface area contributed by atoms with Crippen LogP contribution in [0.4, 0.5) is 16.0 Å². The lowest BCUT2D eigenvalue weighted by Gasteiger charge is -2.17. The van der Waals surface area contributed by atoms with Crippen molar-refractivity contribution in [3.63, 3.8) is 0 Å². The largest absolute Gasteiger partial charge is 0.382 e. The van der Waals surface area contributed by atoms with Crippen molar-refractivity contribution in [2.24, 2.45) is 0 Å². The van der Waals surface area contributed by atoms with Gasteiger partial charge in [0.25, 0.3) is 0 Å². The lowest BCUT2D eigenvalue weighted by Crippen LogP contribution is -2.15. The summed E-state index contributed by atoms with van der Waals surface area (Å²) in [5.41, 5.74) is 7.90. The zero-order chi connectivity index (χ0) is 19.7. The smallest absolute Gasteiger partial charge is 0.150 e. The summed E-state index contributed by atoms with van der Waals surface area (Å²) in [5.74, 6) is 0.642. The van der Waals surface area contributed by atoms with Crippen molar-refractivity contribution in [2.45, 2.75) is 13.0 Å². The molecule has 1 unspecified atom stereocenters. The third kappa shape index (κ3) is 2.97. The molecule has 3 aromatic heterocycles. The molecule has 0 spiro atoms. The highest BCUT2D eigenvalue weighted by Crippen LogP contribution is 2.28. The molecular weight excluding hydrogens is 359 g/mol. The van der Waals surface area contributed by atoms with E-state index in [1.54, 1.807) is 24.5 Å². The summed E-state index contributed by atoms with van der Waals surface area (Å²) in [6.45, 7) is 1.86. The van der Waals surface area contributed by atoms with Crippen LogP contribution in [0.5, 0.6) is 0 Å². The number of nitrogen functional groups attached to an aromatic ring is 1. The van der Waals surface area contributed by atoms with E-state index in [4.69, 9.17) is 5.73 Å². The number of hydrogen-bond acceptors (Lipinski definition) is 7. The van der Waals surface area contributed by atoms with Gasteiger partial charge in [0.05, 0.1) is 29.0 Å². The van der Waals surface area contributed by atoms with Crippen molar-refractivity contribution < 1.29 is 4.39 Å². The fourth-order valence-corrected chi connectivity index (χ4v) is 3.00. The lowest BCUT2D eigenvalue weighted by atomic mass is 10.2. The molecule has 0 aliphatic carbocycles. The molecule has 0 bridgehead atoms. The Morgan fingerprint density at radius 2 is 2.14 bits per heavy atom. The van der Waals surface area contributed by atoms with E-state index in [1.807, 2.05) is 23.6 Å². The first-order chi connectivity index (χ1) is 13.6. The van der Waals surface area contributed by atoms with Crippen LogP contribution < -0.4 is 11.1 Å². The van der Waals surface area contributed by atoms with E-state index in [0.29, 0.717) is 22.7 Å². The van der Waals surface area contributed by atoms with E-state index in [2.05, 4.69) is 25.3 Å². The summed E-state index contributed by atoms with van der Waals surface area (Å²) < 4.78 is 15.7. The number of anilines is 2. The normalized spacial score (nSPS) is 11.9. The number of fused-ring (bicyclic) bond motifs is 1. The van der Waals surface area contributed by atoms with Crippen LogP contribution in [0.2, 0.25) is 0 Å². The molecule has 8 nitrogen and oxygen atoms in total. The van der Waals surface area contributed by atoms with Crippen LogP contribution in [0.25, 0.3) is 16.7 Å². The Labute approximate surface area is 159 Å². The second-order valence-electron chi connectivity index (χ2n) is 6.11. The number of imidazole rings is 1. The molecule has 28 heavy (non-hydrogen) atoms. The molecule has 138 valence electrons. The van der Waals surface area contributed by atoms with Crippen LogP contribution in [-0.4, -0.2) is 24.5 Å². The number of rotatable bonds is 4. The Morgan fingerprint density at radius 3 is 2.89 bits per heavy atom. The maximum absolute atomic E-state index is 13.9. The molecule has 4 rings (SSSR count). The van der Waals surface area contributed by atoms with E-state index in [9.17, 15) is 9.65 Å². The maximum atomic E-state index is 13.9. The number of nitriles is 1. The third-order valence-electron chi connectivity index (χ3n) is 4.28. The number of aromatic nitrogens is 5. The maximum Gasteiger partial charge on any atom is 0.150 e. The summed E-state index contributed by atoms with van der Waals surface area (Å²) in [7, 11) is 0. The predicted octanol–water partition coefficient (Wildman–Crippen LogP) is 2.98. The van der Waals surface area contributed by atoms with Crippen molar-refractivity contribution in [3.8, 4) is 11.8 Å². The zero-order valence-electron chi connectivity index (χ0n) is 14.8. The standard InChI is InChI=1S/C19H15FN8/c1-11(26-18-14(8-21)17(22)24-10-25-18)19-27-15-5-4-12(20)7-16(15)28(19)13-3-2-6-23-9-13/h2-7,9-11H,1H3,(H3,22,24,25,26). The molecule has 1 aromatic carbocycles. The number of halogens is 1. The highest BCUT2D eigenvalue weighted by molar-refractivity contribution is 5.78. The Kier molecular flexibility index (Phi) is 4.29. The molecule has 3 heterocycles. The topological polar surface area (TPSA) is 118 Å². The van der Waals surface area contributed by atoms with Gasteiger partial charge in [0, 0.05) is 12.3 Å². The number of benzene rings is 1. The highest BCUT2D eigenvalue weighted by Gasteiger charge is 2.20. The van der Waals surface area contributed by atoms with Crippen molar-refractivity contribution >= 4 is 22.7 Å². The van der Waals surface area contributed by atoms with Crippen LogP contribution in [-0.2, 0) is 0 Å². The van der Waals surface area contributed by atoms with Gasteiger partial charge in [0.15, 0.2) is 0 Å². The number of hydrogen-bond donors (Lipinski definition) is 2. The first-order valence-corrected chi connectivity index (χ1v) is 8.44. The minimum Gasteiger partial charge on any atom is -0.382 e. The van der Waals surface area contributed by atoms with Gasteiger partial charge in [-0.05, 0) is 31.2 Å². The zero-order valence-corrected chi connectivity index (χ0v) is 14.8. The minimum absolute atomic E-state index is 0.0926. The number of nitrogens with zero attached hydrogens (tertiary/aromatic N) is 6. The number of pyridine rings is 1. The first-order valence-electron chi connectivity index (χ1n) is 8.44. The molecule has 0 saturated heterocycles. The van der Waals surface area contributed by atoms with Crippen LogP contribution in [0.15, 0.2) is 49.1 Å².